The number of ether oxygens (including phenoxy) is 1. The van der Waals surface area contributed by atoms with Gasteiger partial charge in [-0.2, -0.15) is 5.26 Å². The van der Waals surface area contributed by atoms with Crippen LogP contribution in [0, 0.1) is 11.3 Å². The van der Waals surface area contributed by atoms with Gasteiger partial charge in [-0.3, -0.25) is 4.79 Å². The molecule has 0 aliphatic heterocycles. The molecule has 0 radical (unpaired) electrons. The second-order valence-electron chi connectivity index (χ2n) is 3.66. The molecule has 5 heteroatoms. The zero-order valence-corrected chi connectivity index (χ0v) is 11.9. The van der Waals surface area contributed by atoms with E-state index in [1.807, 2.05) is 6.07 Å². The fourth-order valence-corrected chi connectivity index (χ4v) is 1.97. The van der Waals surface area contributed by atoms with E-state index >= 15 is 0 Å². The van der Waals surface area contributed by atoms with Crippen LogP contribution in [0.4, 0.5) is 0 Å². The third-order valence-electron chi connectivity index (χ3n) is 2.37. The molecule has 0 heterocycles. The average Bonchev–Trinajstić information content (AvgIpc) is 2.43. The summed E-state index contributed by atoms with van der Waals surface area (Å²) in [6.07, 6.45) is 0.677. The van der Waals surface area contributed by atoms with Gasteiger partial charge >= 0.3 is 0 Å². The van der Waals surface area contributed by atoms with E-state index in [0.29, 0.717) is 28.4 Å². The molecule has 19 heavy (non-hydrogen) atoms. The van der Waals surface area contributed by atoms with Crippen LogP contribution in [0.15, 0.2) is 40.9 Å². The Balaban J connectivity index is 2.41. The molecule has 0 atom stereocenters. The first-order valence-electron chi connectivity index (χ1n) is 5.26. The molecule has 2 rings (SSSR count). The van der Waals surface area contributed by atoms with E-state index in [9.17, 15) is 4.79 Å². The Bertz CT molecular complexity index is 680. The van der Waals surface area contributed by atoms with Gasteiger partial charge in [-0.1, -0.05) is 27.5 Å². The molecule has 0 amide bonds. The number of carbonyl (C=O) groups excluding carboxylic acids is 1. The second-order valence-corrected chi connectivity index (χ2v) is 4.98. The summed E-state index contributed by atoms with van der Waals surface area (Å²) in [5.74, 6) is 0.791. The fraction of sp³-hybridized carbons (Fsp3) is 0. The van der Waals surface area contributed by atoms with E-state index < -0.39 is 0 Å². The van der Waals surface area contributed by atoms with Crippen molar-refractivity contribution in [2.45, 2.75) is 0 Å². The van der Waals surface area contributed by atoms with Gasteiger partial charge in [0.15, 0.2) is 0 Å². The summed E-state index contributed by atoms with van der Waals surface area (Å²) in [5.41, 5.74) is 0.699. The lowest BCUT2D eigenvalue weighted by Gasteiger charge is -2.09. The molecule has 0 spiro atoms. The predicted molar refractivity (Wildman–Crippen MR) is 75.8 cm³/mol. The summed E-state index contributed by atoms with van der Waals surface area (Å²) in [4.78, 5) is 10.7. The van der Waals surface area contributed by atoms with Crippen molar-refractivity contribution in [3.05, 3.63) is 57.0 Å². The Hall–Kier alpha value is -1.83. The first-order chi connectivity index (χ1) is 9.13. The number of rotatable bonds is 3. The second kappa shape index (κ2) is 5.87. The van der Waals surface area contributed by atoms with Gasteiger partial charge in [-0.05, 0) is 36.4 Å². The highest BCUT2D eigenvalue weighted by Crippen LogP contribution is 2.33. The number of carbonyl (C=O) groups is 1. The first-order valence-corrected chi connectivity index (χ1v) is 6.43. The Morgan fingerprint density at radius 1 is 1.21 bits per heavy atom. The van der Waals surface area contributed by atoms with Crippen LogP contribution in [-0.4, -0.2) is 6.29 Å². The Morgan fingerprint density at radius 2 is 2.00 bits per heavy atom. The molecule has 0 saturated heterocycles. The van der Waals surface area contributed by atoms with E-state index in [1.54, 1.807) is 30.3 Å². The molecule has 0 bridgehead atoms. The summed E-state index contributed by atoms with van der Waals surface area (Å²) >= 11 is 9.33. The van der Waals surface area contributed by atoms with E-state index in [-0.39, 0.29) is 5.56 Å². The average molecular weight is 337 g/mol. The van der Waals surface area contributed by atoms with Crippen LogP contribution in [0.1, 0.15) is 15.9 Å². The lowest BCUT2D eigenvalue weighted by Crippen LogP contribution is -1.91. The Labute approximate surface area is 123 Å². The van der Waals surface area contributed by atoms with Crippen molar-refractivity contribution in [3.8, 4) is 17.6 Å². The van der Waals surface area contributed by atoms with Gasteiger partial charge in [0, 0.05) is 10.0 Å². The van der Waals surface area contributed by atoms with Crippen molar-refractivity contribution in [1.82, 2.24) is 0 Å². The van der Waals surface area contributed by atoms with Gasteiger partial charge in [-0.15, -0.1) is 0 Å². The molecule has 2 aromatic rings. The van der Waals surface area contributed by atoms with Crippen LogP contribution in [0.25, 0.3) is 0 Å². The van der Waals surface area contributed by atoms with E-state index in [4.69, 9.17) is 21.6 Å². The molecular weight excluding hydrogens is 330 g/mol. The summed E-state index contributed by atoms with van der Waals surface area (Å²) in [7, 11) is 0. The standard InChI is InChI=1S/C14H7BrClNO2/c15-11-2-3-12(16)14(6-11)19-13-4-1-9(8-18)5-10(13)7-17/h1-6,8H. The number of hydrogen-bond donors (Lipinski definition) is 0. The summed E-state index contributed by atoms with van der Waals surface area (Å²) < 4.78 is 6.43. The molecule has 94 valence electrons. The third-order valence-corrected chi connectivity index (χ3v) is 3.18. The van der Waals surface area contributed by atoms with Gasteiger partial charge in [0.25, 0.3) is 0 Å². The lowest BCUT2D eigenvalue weighted by atomic mass is 10.1. The maximum atomic E-state index is 10.7. The number of nitriles is 1. The van der Waals surface area contributed by atoms with Crippen molar-refractivity contribution in [1.29, 1.82) is 5.26 Å². The number of benzene rings is 2. The fourth-order valence-electron chi connectivity index (χ4n) is 1.47. The van der Waals surface area contributed by atoms with Crippen LogP contribution < -0.4 is 4.74 Å². The number of nitrogens with zero attached hydrogens (tertiary/aromatic N) is 1. The Kier molecular flexibility index (Phi) is 4.20. The Morgan fingerprint density at radius 3 is 2.68 bits per heavy atom. The number of aldehydes is 1. The van der Waals surface area contributed by atoms with Gasteiger partial charge < -0.3 is 4.74 Å². The van der Waals surface area contributed by atoms with Crippen LogP contribution in [0.5, 0.6) is 11.5 Å². The molecule has 0 N–H and O–H groups in total. The SMILES string of the molecule is N#Cc1cc(C=O)ccc1Oc1cc(Br)ccc1Cl. The normalized spacial score (nSPS) is 9.74. The largest absolute Gasteiger partial charge is 0.454 e. The summed E-state index contributed by atoms with van der Waals surface area (Å²) in [6, 6.07) is 11.8. The smallest absolute Gasteiger partial charge is 0.150 e. The van der Waals surface area contributed by atoms with Crippen LogP contribution in [0.2, 0.25) is 5.02 Å². The third kappa shape index (κ3) is 3.14. The van der Waals surface area contributed by atoms with E-state index in [0.717, 1.165) is 4.47 Å². The molecule has 2 aromatic carbocycles. The number of hydrogen-bond acceptors (Lipinski definition) is 3. The minimum Gasteiger partial charge on any atom is -0.454 e. The van der Waals surface area contributed by atoms with Crippen molar-refractivity contribution in [2.24, 2.45) is 0 Å². The topological polar surface area (TPSA) is 50.1 Å². The van der Waals surface area contributed by atoms with E-state index in [1.165, 1.54) is 6.07 Å². The molecule has 0 aromatic heterocycles. The molecule has 0 fully saturated rings. The maximum absolute atomic E-state index is 10.7. The monoisotopic (exact) mass is 335 g/mol. The molecule has 0 aliphatic carbocycles. The van der Waals surface area contributed by atoms with Crippen molar-refractivity contribution >= 4 is 33.8 Å². The highest BCUT2D eigenvalue weighted by Gasteiger charge is 2.09. The zero-order valence-electron chi connectivity index (χ0n) is 9.56. The van der Waals surface area contributed by atoms with Crippen molar-refractivity contribution in [3.63, 3.8) is 0 Å². The maximum Gasteiger partial charge on any atom is 0.150 e. The molecule has 3 nitrogen and oxygen atoms in total. The molecule has 0 aliphatic rings. The highest BCUT2D eigenvalue weighted by atomic mass is 79.9. The van der Waals surface area contributed by atoms with Gasteiger partial charge in [-0.25, -0.2) is 0 Å². The number of halogens is 2. The first kappa shape index (κ1) is 13.6. The van der Waals surface area contributed by atoms with Gasteiger partial charge in [0.05, 0.1) is 10.6 Å². The van der Waals surface area contributed by atoms with Gasteiger partial charge in [0.2, 0.25) is 0 Å². The van der Waals surface area contributed by atoms with Gasteiger partial charge in [0.1, 0.15) is 23.9 Å². The highest BCUT2D eigenvalue weighted by molar-refractivity contribution is 9.10. The molecule has 0 saturated carbocycles. The quantitative estimate of drug-likeness (QED) is 0.771. The summed E-state index contributed by atoms with van der Waals surface area (Å²) in [5, 5.41) is 9.49. The minimum atomic E-state index is 0.278. The van der Waals surface area contributed by atoms with Crippen LogP contribution >= 0.6 is 27.5 Å². The molecular formula is C14H7BrClNO2. The lowest BCUT2D eigenvalue weighted by molar-refractivity contribution is 0.112. The zero-order chi connectivity index (χ0) is 13.8. The van der Waals surface area contributed by atoms with Crippen molar-refractivity contribution < 1.29 is 9.53 Å². The minimum absolute atomic E-state index is 0.278. The predicted octanol–water partition coefficient (Wildman–Crippen LogP) is 4.58. The van der Waals surface area contributed by atoms with Crippen molar-refractivity contribution in [2.75, 3.05) is 0 Å². The molecule has 0 unspecified atom stereocenters. The van der Waals surface area contributed by atoms with Crippen LogP contribution in [0.3, 0.4) is 0 Å². The summed E-state index contributed by atoms with van der Waals surface area (Å²) in [6.45, 7) is 0. The van der Waals surface area contributed by atoms with E-state index in [2.05, 4.69) is 15.9 Å². The van der Waals surface area contributed by atoms with Crippen LogP contribution in [-0.2, 0) is 0 Å².